The molecular formula is C14H23N3OS. The van der Waals surface area contributed by atoms with Gasteiger partial charge in [-0.3, -0.25) is 0 Å². The summed E-state index contributed by atoms with van der Waals surface area (Å²) in [4.78, 5) is 4.68. The van der Waals surface area contributed by atoms with Crippen molar-refractivity contribution in [3.05, 3.63) is 11.7 Å². The van der Waals surface area contributed by atoms with Crippen LogP contribution < -0.4 is 5.73 Å². The molecule has 1 aliphatic carbocycles. The van der Waals surface area contributed by atoms with Gasteiger partial charge in [0, 0.05) is 0 Å². The molecule has 2 N–H and O–H groups in total. The Balaban J connectivity index is 1.83. The lowest BCUT2D eigenvalue weighted by Crippen LogP contribution is -2.37. The van der Waals surface area contributed by atoms with Crippen LogP contribution in [0.15, 0.2) is 4.52 Å². The van der Waals surface area contributed by atoms with Crippen LogP contribution in [0.25, 0.3) is 0 Å². The number of hydrogen-bond donors (Lipinski definition) is 1. The van der Waals surface area contributed by atoms with Gasteiger partial charge in [0.05, 0.1) is 10.3 Å². The van der Waals surface area contributed by atoms with Crippen LogP contribution in [-0.4, -0.2) is 15.9 Å². The van der Waals surface area contributed by atoms with Gasteiger partial charge in [0.15, 0.2) is 5.82 Å². The van der Waals surface area contributed by atoms with Gasteiger partial charge in [0.1, 0.15) is 0 Å². The third-order valence-corrected chi connectivity index (χ3v) is 6.05. The van der Waals surface area contributed by atoms with Gasteiger partial charge in [-0.15, -0.1) is 11.8 Å². The standard InChI is InChI=1S/C14H23N3OS/c1-13(7-6-10-19-13)12-16-11(17-18-12)14(15)8-4-2-3-5-9-14/h2-10,15H2,1H3. The topological polar surface area (TPSA) is 64.9 Å². The van der Waals surface area contributed by atoms with Crippen molar-refractivity contribution >= 4 is 11.8 Å². The maximum Gasteiger partial charge on any atom is 0.242 e. The van der Waals surface area contributed by atoms with E-state index in [0.29, 0.717) is 0 Å². The fraction of sp³-hybridized carbons (Fsp3) is 0.857. The lowest BCUT2D eigenvalue weighted by atomic mass is 9.91. The Hall–Kier alpha value is -0.550. The van der Waals surface area contributed by atoms with Crippen LogP contribution in [0.1, 0.15) is 70.0 Å². The molecule has 0 aromatic carbocycles. The zero-order valence-electron chi connectivity index (χ0n) is 11.7. The summed E-state index contributed by atoms with van der Waals surface area (Å²) in [5.41, 5.74) is 6.18. The minimum Gasteiger partial charge on any atom is -0.338 e. The highest BCUT2D eigenvalue weighted by Crippen LogP contribution is 2.46. The summed E-state index contributed by atoms with van der Waals surface area (Å²) in [6.07, 6.45) is 9.21. The van der Waals surface area contributed by atoms with E-state index in [9.17, 15) is 0 Å². The lowest BCUT2D eigenvalue weighted by molar-refractivity contribution is 0.313. The Morgan fingerprint density at radius 1 is 1.11 bits per heavy atom. The molecule has 2 fully saturated rings. The quantitative estimate of drug-likeness (QED) is 0.842. The van der Waals surface area contributed by atoms with Gasteiger partial charge in [-0.25, -0.2) is 0 Å². The average molecular weight is 281 g/mol. The first-order valence-electron chi connectivity index (χ1n) is 7.40. The summed E-state index contributed by atoms with van der Waals surface area (Å²) >= 11 is 1.92. The summed E-state index contributed by atoms with van der Waals surface area (Å²) < 4.78 is 5.56. The van der Waals surface area contributed by atoms with Crippen molar-refractivity contribution < 1.29 is 4.52 Å². The van der Waals surface area contributed by atoms with Crippen molar-refractivity contribution in [2.24, 2.45) is 5.73 Å². The van der Waals surface area contributed by atoms with E-state index in [-0.39, 0.29) is 10.3 Å². The highest BCUT2D eigenvalue weighted by molar-refractivity contribution is 8.00. The van der Waals surface area contributed by atoms with Gasteiger partial charge in [-0.05, 0) is 38.4 Å². The summed E-state index contributed by atoms with van der Waals surface area (Å²) in [5.74, 6) is 2.69. The van der Waals surface area contributed by atoms with Crippen molar-refractivity contribution in [1.29, 1.82) is 0 Å². The van der Waals surface area contributed by atoms with Crippen molar-refractivity contribution in [1.82, 2.24) is 10.1 Å². The fourth-order valence-electron chi connectivity index (χ4n) is 3.17. The van der Waals surface area contributed by atoms with Crippen LogP contribution in [0, 0.1) is 0 Å². The van der Waals surface area contributed by atoms with Crippen LogP contribution in [-0.2, 0) is 10.3 Å². The summed E-state index contributed by atoms with van der Waals surface area (Å²) in [6.45, 7) is 2.21. The molecule has 1 aromatic rings. The molecule has 1 aromatic heterocycles. The molecule has 4 nitrogen and oxygen atoms in total. The summed E-state index contributed by atoms with van der Waals surface area (Å²) in [7, 11) is 0. The van der Waals surface area contributed by atoms with Crippen molar-refractivity contribution in [3.63, 3.8) is 0 Å². The number of nitrogens with zero attached hydrogens (tertiary/aromatic N) is 2. The van der Waals surface area contributed by atoms with Crippen LogP contribution in [0.2, 0.25) is 0 Å². The molecule has 2 heterocycles. The number of aromatic nitrogens is 2. The third kappa shape index (κ3) is 2.55. The van der Waals surface area contributed by atoms with E-state index in [1.807, 2.05) is 11.8 Å². The molecule has 0 radical (unpaired) electrons. The average Bonchev–Trinajstić information content (AvgIpc) is 2.99. The van der Waals surface area contributed by atoms with Crippen molar-refractivity contribution in [3.8, 4) is 0 Å². The van der Waals surface area contributed by atoms with Gasteiger partial charge in [0.2, 0.25) is 5.89 Å². The number of hydrogen-bond acceptors (Lipinski definition) is 5. The molecule has 1 unspecified atom stereocenters. The zero-order valence-corrected chi connectivity index (χ0v) is 12.5. The Morgan fingerprint density at radius 2 is 1.84 bits per heavy atom. The van der Waals surface area contributed by atoms with Crippen molar-refractivity contribution in [2.45, 2.75) is 68.6 Å². The normalized spacial score (nSPS) is 31.3. The van der Waals surface area contributed by atoms with Gasteiger partial charge in [-0.2, -0.15) is 4.98 Å². The fourth-order valence-corrected chi connectivity index (χ4v) is 4.41. The smallest absolute Gasteiger partial charge is 0.242 e. The van der Waals surface area contributed by atoms with Gasteiger partial charge in [-0.1, -0.05) is 30.8 Å². The molecule has 1 aliphatic heterocycles. The molecule has 1 saturated carbocycles. The number of thioether (sulfide) groups is 1. The van der Waals surface area contributed by atoms with E-state index in [1.54, 1.807) is 0 Å². The Bertz CT molecular complexity index is 432. The first-order chi connectivity index (χ1) is 9.12. The predicted molar refractivity (Wildman–Crippen MR) is 76.9 cm³/mol. The molecule has 19 heavy (non-hydrogen) atoms. The second-order valence-corrected chi connectivity index (χ2v) is 7.77. The largest absolute Gasteiger partial charge is 0.338 e. The second-order valence-electron chi connectivity index (χ2n) is 6.18. The lowest BCUT2D eigenvalue weighted by Gasteiger charge is -2.23. The molecular weight excluding hydrogens is 258 g/mol. The zero-order chi connectivity index (χ0) is 13.3. The van der Waals surface area contributed by atoms with E-state index in [0.717, 1.165) is 31.0 Å². The SMILES string of the molecule is CC1(c2nc(C3(N)CCCCCC3)no2)CCCS1. The van der Waals surface area contributed by atoms with Gasteiger partial charge >= 0.3 is 0 Å². The Kier molecular flexibility index (Phi) is 3.60. The molecule has 106 valence electrons. The van der Waals surface area contributed by atoms with E-state index >= 15 is 0 Å². The molecule has 2 aliphatic rings. The Morgan fingerprint density at radius 3 is 2.47 bits per heavy atom. The first kappa shape index (κ1) is 13.4. The molecule has 0 amide bonds. The minimum atomic E-state index is -0.363. The van der Waals surface area contributed by atoms with E-state index in [2.05, 4.69) is 17.1 Å². The Labute approximate surface area is 118 Å². The molecule has 5 heteroatoms. The van der Waals surface area contributed by atoms with Crippen LogP contribution in [0.5, 0.6) is 0 Å². The van der Waals surface area contributed by atoms with Crippen LogP contribution in [0.4, 0.5) is 0 Å². The summed E-state index contributed by atoms with van der Waals surface area (Å²) in [6, 6.07) is 0. The second kappa shape index (κ2) is 5.09. The molecule has 3 rings (SSSR count). The monoisotopic (exact) mass is 281 g/mol. The molecule has 0 spiro atoms. The number of rotatable bonds is 2. The van der Waals surface area contributed by atoms with Gasteiger partial charge < -0.3 is 10.3 Å². The van der Waals surface area contributed by atoms with Crippen LogP contribution >= 0.6 is 11.8 Å². The van der Waals surface area contributed by atoms with E-state index in [1.165, 1.54) is 37.9 Å². The van der Waals surface area contributed by atoms with Crippen molar-refractivity contribution in [2.75, 3.05) is 5.75 Å². The highest BCUT2D eigenvalue weighted by Gasteiger charge is 2.40. The molecule has 1 saturated heterocycles. The van der Waals surface area contributed by atoms with E-state index < -0.39 is 0 Å². The maximum absolute atomic E-state index is 6.54. The minimum absolute atomic E-state index is 0.00629. The van der Waals surface area contributed by atoms with Crippen LogP contribution in [0.3, 0.4) is 0 Å². The maximum atomic E-state index is 6.54. The molecule has 0 bridgehead atoms. The first-order valence-corrected chi connectivity index (χ1v) is 8.39. The molecule has 1 atom stereocenters. The van der Waals surface area contributed by atoms with E-state index in [4.69, 9.17) is 10.3 Å². The summed E-state index contributed by atoms with van der Waals surface area (Å²) in [5, 5.41) is 4.22. The predicted octanol–water partition coefficient (Wildman–Crippen LogP) is 3.32. The third-order valence-electron chi connectivity index (χ3n) is 4.54. The highest BCUT2D eigenvalue weighted by atomic mass is 32.2. The van der Waals surface area contributed by atoms with Gasteiger partial charge in [0.25, 0.3) is 0 Å². The number of nitrogens with two attached hydrogens (primary N) is 1.